The van der Waals surface area contributed by atoms with Gasteiger partial charge in [0.05, 0.1) is 0 Å². The molecule has 0 spiro atoms. The Morgan fingerprint density at radius 3 is 1.30 bits per heavy atom. The van der Waals surface area contributed by atoms with Gasteiger partial charge in [-0.1, -0.05) is 36.4 Å². The first-order valence-electron chi connectivity index (χ1n) is 15.2. The Bertz CT molecular complexity index is 1270. The first kappa shape index (κ1) is 32.6. The molecule has 4 rings (SSSR count). The second-order valence-electron chi connectivity index (χ2n) is 13.2. The van der Waals surface area contributed by atoms with Crippen LogP contribution in [-0.2, 0) is 19.1 Å². The van der Waals surface area contributed by atoms with Crippen molar-refractivity contribution in [2.45, 2.75) is 90.5 Å². The van der Waals surface area contributed by atoms with Gasteiger partial charge < -0.3 is 20.1 Å². The highest BCUT2D eigenvalue weighted by molar-refractivity contribution is 5.97. The van der Waals surface area contributed by atoms with Crippen molar-refractivity contribution < 1.29 is 28.7 Å². The van der Waals surface area contributed by atoms with Gasteiger partial charge in [-0.3, -0.25) is 19.4 Å². The quantitative estimate of drug-likeness (QED) is 0.362. The van der Waals surface area contributed by atoms with Crippen LogP contribution in [0.1, 0.15) is 78.4 Å². The lowest BCUT2D eigenvalue weighted by atomic mass is 10.1. The average Bonchev–Trinajstić information content (AvgIpc) is 3.62. The van der Waals surface area contributed by atoms with Gasteiger partial charge in [0, 0.05) is 24.5 Å². The molecular weight excluding hydrogens is 560 g/mol. The molecule has 0 saturated carbocycles. The van der Waals surface area contributed by atoms with Crippen LogP contribution in [-0.4, -0.2) is 70.2 Å². The third kappa shape index (κ3) is 9.08. The minimum absolute atomic E-state index is 0.227. The van der Waals surface area contributed by atoms with Crippen molar-refractivity contribution in [3.8, 4) is 0 Å². The Kier molecular flexibility index (Phi) is 10.0. The standard InChI is InChI=1S/C34H44N4O6/c1-33(2,3)43-31(41)37-21-7-9-27(37)29(39)35-25-17-13-23(14-18-25)11-12-24-15-19-26(20-16-24)36-30(40)28-10-8-22-38(28)32(42)44-34(4,5)6/h11-20,27-28H,7-10,21-22H2,1-6H3,(H,35,39)(H,36,40)/b12-11+. The van der Waals surface area contributed by atoms with E-state index < -0.39 is 35.5 Å². The second-order valence-corrected chi connectivity index (χ2v) is 13.2. The Morgan fingerprint density at radius 1 is 0.636 bits per heavy atom. The van der Waals surface area contributed by atoms with Gasteiger partial charge in [0.15, 0.2) is 0 Å². The van der Waals surface area contributed by atoms with E-state index in [1.165, 1.54) is 9.80 Å². The maximum atomic E-state index is 12.9. The number of anilines is 2. The molecule has 2 N–H and O–H groups in total. The highest BCUT2D eigenvalue weighted by Gasteiger charge is 2.37. The molecule has 2 aliphatic rings. The molecule has 4 amide bonds. The Morgan fingerprint density at radius 2 is 0.977 bits per heavy atom. The third-order valence-electron chi connectivity index (χ3n) is 7.19. The van der Waals surface area contributed by atoms with Crippen LogP contribution < -0.4 is 10.6 Å². The van der Waals surface area contributed by atoms with Crippen molar-refractivity contribution in [2.24, 2.45) is 0 Å². The van der Waals surface area contributed by atoms with Gasteiger partial charge >= 0.3 is 12.2 Å². The molecule has 0 aliphatic carbocycles. The summed E-state index contributed by atoms with van der Waals surface area (Å²) >= 11 is 0. The maximum absolute atomic E-state index is 12.9. The van der Waals surface area contributed by atoms with Crippen molar-refractivity contribution >= 4 is 47.5 Å². The molecule has 2 atom stereocenters. The second kappa shape index (κ2) is 13.5. The van der Waals surface area contributed by atoms with E-state index in [9.17, 15) is 19.2 Å². The molecule has 10 heteroatoms. The summed E-state index contributed by atoms with van der Waals surface area (Å²) in [6.45, 7) is 11.8. The average molecular weight is 605 g/mol. The number of rotatable bonds is 6. The van der Waals surface area contributed by atoms with E-state index in [1.807, 2.05) is 102 Å². The van der Waals surface area contributed by atoms with Gasteiger partial charge in [-0.2, -0.15) is 0 Å². The van der Waals surface area contributed by atoms with E-state index in [1.54, 1.807) is 0 Å². The topological polar surface area (TPSA) is 117 Å². The number of carbonyl (C=O) groups is 4. The number of nitrogens with zero attached hydrogens (tertiary/aromatic N) is 2. The summed E-state index contributed by atoms with van der Waals surface area (Å²) < 4.78 is 10.9. The first-order chi connectivity index (χ1) is 20.7. The van der Waals surface area contributed by atoms with E-state index in [4.69, 9.17) is 9.47 Å². The van der Waals surface area contributed by atoms with Crippen molar-refractivity contribution in [3.05, 3.63) is 59.7 Å². The van der Waals surface area contributed by atoms with Crippen LogP contribution in [0, 0.1) is 0 Å². The third-order valence-corrected chi connectivity index (χ3v) is 7.19. The van der Waals surface area contributed by atoms with Crippen molar-refractivity contribution in [3.63, 3.8) is 0 Å². The molecule has 2 aliphatic heterocycles. The van der Waals surface area contributed by atoms with Gasteiger partial charge in [0.25, 0.3) is 0 Å². The van der Waals surface area contributed by atoms with Gasteiger partial charge in [-0.25, -0.2) is 9.59 Å². The predicted molar refractivity (Wildman–Crippen MR) is 171 cm³/mol. The SMILES string of the molecule is CC(C)(C)OC(=O)N1CCCC1C(=O)Nc1ccc(/C=C/c2ccc(NC(=O)C3CCCN3C(=O)OC(C)(C)C)cc2)cc1. The predicted octanol–water partition coefficient (Wildman–Crippen LogP) is 6.53. The minimum Gasteiger partial charge on any atom is -0.444 e. The summed E-state index contributed by atoms with van der Waals surface area (Å²) in [5.74, 6) is -0.455. The maximum Gasteiger partial charge on any atom is 0.410 e. The van der Waals surface area contributed by atoms with Gasteiger partial charge in [0.2, 0.25) is 11.8 Å². The Labute approximate surface area is 259 Å². The molecule has 2 aromatic carbocycles. The number of hydrogen-bond donors (Lipinski definition) is 2. The fourth-order valence-electron chi connectivity index (χ4n) is 5.16. The molecule has 2 unspecified atom stereocenters. The molecule has 44 heavy (non-hydrogen) atoms. The fourth-order valence-corrected chi connectivity index (χ4v) is 5.16. The highest BCUT2D eigenvalue weighted by Crippen LogP contribution is 2.24. The van der Waals surface area contributed by atoms with Gasteiger partial charge in [-0.05, 0) is 103 Å². The Hall–Kier alpha value is -4.34. The van der Waals surface area contributed by atoms with E-state index in [0.29, 0.717) is 37.3 Å². The monoisotopic (exact) mass is 604 g/mol. The molecule has 0 aromatic heterocycles. The zero-order chi connectivity index (χ0) is 32.1. The van der Waals surface area contributed by atoms with Crippen LogP contribution in [0.4, 0.5) is 21.0 Å². The molecule has 10 nitrogen and oxygen atoms in total. The van der Waals surface area contributed by atoms with Crippen molar-refractivity contribution in [1.82, 2.24) is 9.80 Å². The van der Waals surface area contributed by atoms with E-state index in [2.05, 4.69) is 10.6 Å². The summed E-state index contributed by atoms with van der Waals surface area (Å²) in [6, 6.07) is 13.8. The Balaban J connectivity index is 1.29. The van der Waals surface area contributed by atoms with Crippen LogP contribution >= 0.6 is 0 Å². The fraction of sp³-hybridized carbons (Fsp3) is 0.471. The number of amides is 4. The molecule has 0 bridgehead atoms. The summed E-state index contributed by atoms with van der Waals surface area (Å²) in [4.78, 5) is 53.9. The smallest absolute Gasteiger partial charge is 0.410 e. The van der Waals surface area contributed by atoms with Crippen LogP contribution in [0.3, 0.4) is 0 Å². The van der Waals surface area contributed by atoms with Crippen LogP contribution in [0.2, 0.25) is 0 Å². The lowest BCUT2D eigenvalue weighted by Crippen LogP contribution is -2.45. The summed E-state index contributed by atoms with van der Waals surface area (Å²) in [5.41, 5.74) is 1.95. The number of ether oxygens (including phenoxy) is 2. The molecule has 2 saturated heterocycles. The van der Waals surface area contributed by atoms with Gasteiger partial charge in [-0.15, -0.1) is 0 Å². The summed E-state index contributed by atoms with van der Waals surface area (Å²) in [6.07, 6.45) is 5.67. The molecular formula is C34H44N4O6. The van der Waals surface area contributed by atoms with Crippen LogP contribution in [0.25, 0.3) is 12.2 Å². The van der Waals surface area contributed by atoms with E-state index >= 15 is 0 Å². The molecule has 2 aromatic rings. The summed E-state index contributed by atoms with van der Waals surface area (Å²) in [7, 11) is 0. The lowest BCUT2D eigenvalue weighted by molar-refractivity contribution is -0.121. The normalized spacial score (nSPS) is 18.8. The zero-order valence-electron chi connectivity index (χ0n) is 26.5. The zero-order valence-corrected chi connectivity index (χ0v) is 26.5. The number of carbonyl (C=O) groups excluding carboxylic acids is 4. The molecule has 2 heterocycles. The minimum atomic E-state index is -0.621. The van der Waals surface area contributed by atoms with Gasteiger partial charge in [0.1, 0.15) is 23.3 Å². The van der Waals surface area contributed by atoms with E-state index in [-0.39, 0.29) is 11.8 Å². The van der Waals surface area contributed by atoms with Crippen molar-refractivity contribution in [2.75, 3.05) is 23.7 Å². The highest BCUT2D eigenvalue weighted by atomic mass is 16.6. The van der Waals surface area contributed by atoms with Crippen LogP contribution in [0.15, 0.2) is 48.5 Å². The first-order valence-corrected chi connectivity index (χ1v) is 15.2. The number of likely N-dealkylation sites (tertiary alicyclic amines) is 2. The number of benzene rings is 2. The number of hydrogen-bond acceptors (Lipinski definition) is 6. The summed E-state index contributed by atoms with van der Waals surface area (Å²) in [5, 5.41) is 5.83. The number of nitrogens with one attached hydrogen (secondary N) is 2. The molecule has 0 radical (unpaired) electrons. The van der Waals surface area contributed by atoms with Crippen molar-refractivity contribution in [1.29, 1.82) is 0 Å². The molecule has 2 fully saturated rings. The largest absolute Gasteiger partial charge is 0.444 e. The van der Waals surface area contributed by atoms with Crippen LogP contribution in [0.5, 0.6) is 0 Å². The molecule has 236 valence electrons. The van der Waals surface area contributed by atoms with E-state index in [0.717, 1.165) is 24.0 Å². The lowest BCUT2D eigenvalue weighted by Gasteiger charge is -2.28.